The molecular formula is C15H14ClN5O2S. The molecule has 0 aliphatic heterocycles. The molecule has 0 fully saturated rings. The molecule has 124 valence electrons. The molecule has 0 saturated carbocycles. The zero-order valence-corrected chi connectivity index (χ0v) is 14.3. The van der Waals surface area contributed by atoms with Gasteiger partial charge in [-0.15, -0.1) is 10.2 Å². The first-order valence-corrected chi connectivity index (χ1v) is 8.30. The molecule has 3 rings (SSSR count). The van der Waals surface area contributed by atoms with Crippen LogP contribution in [0.25, 0.3) is 11.0 Å². The largest absolute Gasteiger partial charge is 0.504 e. The van der Waals surface area contributed by atoms with Gasteiger partial charge < -0.3 is 15.2 Å². The number of halogens is 1. The molecule has 2 N–H and O–H groups in total. The number of fused-ring (bicyclic) bond motifs is 1. The Bertz CT molecular complexity index is 883. The molecule has 0 radical (unpaired) electrons. The van der Waals surface area contributed by atoms with Gasteiger partial charge in [-0.25, -0.2) is 4.98 Å². The molecule has 1 aromatic carbocycles. The van der Waals surface area contributed by atoms with Crippen molar-refractivity contribution in [1.82, 2.24) is 9.36 Å². The van der Waals surface area contributed by atoms with Crippen LogP contribution in [-0.2, 0) is 4.74 Å². The third kappa shape index (κ3) is 3.61. The van der Waals surface area contributed by atoms with E-state index in [1.54, 1.807) is 12.3 Å². The number of rotatable bonds is 6. The van der Waals surface area contributed by atoms with Crippen molar-refractivity contribution in [3.05, 3.63) is 35.5 Å². The van der Waals surface area contributed by atoms with Crippen molar-refractivity contribution in [3.8, 4) is 5.75 Å². The van der Waals surface area contributed by atoms with E-state index in [0.717, 1.165) is 5.39 Å². The maximum absolute atomic E-state index is 9.98. The number of anilines is 1. The van der Waals surface area contributed by atoms with Gasteiger partial charge in [0.05, 0.1) is 21.8 Å². The number of phenolic OH excluding ortho intramolecular Hbond substituents is 1. The molecule has 2 aromatic heterocycles. The van der Waals surface area contributed by atoms with Crippen molar-refractivity contribution >= 4 is 50.5 Å². The molecule has 0 amide bonds. The van der Waals surface area contributed by atoms with E-state index in [1.165, 1.54) is 17.6 Å². The number of benzene rings is 1. The lowest BCUT2D eigenvalue weighted by atomic mass is 10.2. The molecule has 0 aliphatic rings. The number of hydrogen-bond acceptors (Lipinski definition) is 8. The standard InChI is InChI=1S/C15H14ClN5O2S/c1-2-23-8-18-12-7-9(6-11(16)13(12)22)19-20-15-10-4-3-5-17-14(10)21-24-15/h3-7,18,22H,2,8H2,1H3. The van der Waals surface area contributed by atoms with Crippen LogP contribution >= 0.6 is 23.1 Å². The summed E-state index contributed by atoms with van der Waals surface area (Å²) < 4.78 is 9.42. The Morgan fingerprint density at radius 2 is 2.25 bits per heavy atom. The van der Waals surface area contributed by atoms with Crippen LogP contribution in [0.5, 0.6) is 5.75 Å². The minimum absolute atomic E-state index is 0.0530. The van der Waals surface area contributed by atoms with Crippen molar-refractivity contribution < 1.29 is 9.84 Å². The smallest absolute Gasteiger partial charge is 0.175 e. The highest BCUT2D eigenvalue weighted by Gasteiger charge is 2.09. The second-order valence-electron chi connectivity index (χ2n) is 4.70. The second-order valence-corrected chi connectivity index (χ2v) is 5.86. The first-order valence-electron chi connectivity index (χ1n) is 7.15. The summed E-state index contributed by atoms with van der Waals surface area (Å²) in [5.74, 6) is -0.0530. The van der Waals surface area contributed by atoms with Gasteiger partial charge in [-0.1, -0.05) is 11.6 Å². The summed E-state index contributed by atoms with van der Waals surface area (Å²) in [7, 11) is 0. The third-order valence-electron chi connectivity index (χ3n) is 3.11. The number of pyridine rings is 1. The molecule has 0 bridgehead atoms. The minimum atomic E-state index is -0.0530. The lowest BCUT2D eigenvalue weighted by Crippen LogP contribution is -2.05. The van der Waals surface area contributed by atoms with Crippen LogP contribution in [-0.4, -0.2) is 27.8 Å². The van der Waals surface area contributed by atoms with Crippen LogP contribution in [0.15, 0.2) is 40.7 Å². The number of nitrogens with zero attached hydrogens (tertiary/aromatic N) is 4. The SMILES string of the molecule is CCOCNc1cc(N=Nc2snc3ncccc23)cc(Cl)c1O. The number of azo groups is 1. The molecule has 9 heteroatoms. The number of aromatic nitrogens is 2. The highest BCUT2D eigenvalue weighted by atomic mass is 35.5. The quantitative estimate of drug-likeness (QED) is 0.282. The molecule has 3 aromatic rings. The second kappa shape index (κ2) is 7.52. The van der Waals surface area contributed by atoms with Gasteiger partial charge in [-0.2, -0.15) is 4.37 Å². The topological polar surface area (TPSA) is 92.0 Å². The van der Waals surface area contributed by atoms with E-state index >= 15 is 0 Å². The Labute approximate surface area is 147 Å². The first kappa shape index (κ1) is 16.6. The van der Waals surface area contributed by atoms with Crippen molar-refractivity contribution in [3.63, 3.8) is 0 Å². The van der Waals surface area contributed by atoms with Crippen LogP contribution in [0.4, 0.5) is 16.4 Å². The van der Waals surface area contributed by atoms with Crippen LogP contribution in [0.3, 0.4) is 0 Å². The predicted molar refractivity (Wildman–Crippen MR) is 94.8 cm³/mol. The third-order valence-corrected chi connectivity index (χ3v) is 4.14. The fourth-order valence-electron chi connectivity index (χ4n) is 1.96. The minimum Gasteiger partial charge on any atom is -0.504 e. The molecule has 7 nitrogen and oxygen atoms in total. The Morgan fingerprint density at radius 3 is 3.08 bits per heavy atom. The highest BCUT2D eigenvalue weighted by Crippen LogP contribution is 2.37. The highest BCUT2D eigenvalue weighted by molar-refractivity contribution is 7.11. The van der Waals surface area contributed by atoms with Gasteiger partial charge in [0.25, 0.3) is 0 Å². The van der Waals surface area contributed by atoms with Crippen LogP contribution in [0, 0.1) is 0 Å². The Kier molecular flexibility index (Phi) is 5.19. The van der Waals surface area contributed by atoms with Crippen molar-refractivity contribution in [1.29, 1.82) is 0 Å². The van der Waals surface area contributed by atoms with E-state index in [0.29, 0.717) is 28.6 Å². The van der Waals surface area contributed by atoms with Crippen LogP contribution in [0.2, 0.25) is 5.02 Å². The van der Waals surface area contributed by atoms with Gasteiger partial charge >= 0.3 is 0 Å². The zero-order chi connectivity index (χ0) is 16.9. The number of ether oxygens (including phenoxy) is 1. The fraction of sp³-hybridized carbons (Fsp3) is 0.200. The van der Waals surface area contributed by atoms with Gasteiger partial charge in [-0.3, -0.25) is 0 Å². The average Bonchev–Trinajstić information content (AvgIpc) is 3.00. The molecule has 24 heavy (non-hydrogen) atoms. The van der Waals surface area contributed by atoms with Gasteiger partial charge in [-0.05, 0) is 42.7 Å². The Balaban J connectivity index is 1.86. The number of phenols is 1. The molecule has 0 atom stereocenters. The number of aromatic hydroxyl groups is 1. The molecule has 0 unspecified atom stereocenters. The van der Waals surface area contributed by atoms with Gasteiger partial charge in [0, 0.05) is 12.8 Å². The summed E-state index contributed by atoms with van der Waals surface area (Å²) in [4.78, 5) is 4.16. The van der Waals surface area contributed by atoms with E-state index in [1.807, 2.05) is 19.1 Å². The maximum Gasteiger partial charge on any atom is 0.175 e. The van der Waals surface area contributed by atoms with E-state index < -0.39 is 0 Å². The number of hydrogen-bond donors (Lipinski definition) is 2. The maximum atomic E-state index is 9.98. The molecule has 2 heterocycles. The molecule has 0 aliphatic carbocycles. The van der Waals surface area contributed by atoms with Gasteiger partial charge in [0.1, 0.15) is 6.73 Å². The van der Waals surface area contributed by atoms with E-state index in [-0.39, 0.29) is 17.5 Å². The molecule has 0 spiro atoms. The van der Waals surface area contributed by atoms with Crippen molar-refractivity contribution in [2.75, 3.05) is 18.7 Å². The predicted octanol–water partition coefficient (Wildman–Crippen LogP) is 4.87. The summed E-state index contributed by atoms with van der Waals surface area (Å²) in [6.07, 6.45) is 1.68. The van der Waals surface area contributed by atoms with Gasteiger partial charge in [0.2, 0.25) is 0 Å². The van der Waals surface area contributed by atoms with E-state index in [4.69, 9.17) is 16.3 Å². The van der Waals surface area contributed by atoms with E-state index in [2.05, 4.69) is 24.9 Å². The van der Waals surface area contributed by atoms with Crippen LogP contribution in [0.1, 0.15) is 6.92 Å². The summed E-state index contributed by atoms with van der Waals surface area (Å²) in [5, 5.41) is 23.0. The normalized spacial score (nSPS) is 11.4. The van der Waals surface area contributed by atoms with Crippen molar-refractivity contribution in [2.24, 2.45) is 10.2 Å². The van der Waals surface area contributed by atoms with Gasteiger partial charge in [0.15, 0.2) is 16.4 Å². The monoisotopic (exact) mass is 363 g/mol. The molecule has 0 saturated heterocycles. The molecular weight excluding hydrogens is 350 g/mol. The van der Waals surface area contributed by atoms with Crippen molar-refractivity contribution in [2.45, 2.75) is 6.92 Å². The number of nitrogens with one attached hydrogen (secondary N) is 1. The average molecular weight is 364 g/mol. The zero-order valence-electron chi connectivity index (χ0n) is 12.7. The lowest BCUT2D eigenvalue weighted by Gasteiger charge is -2.10. The Hall–Kier alpha value is -2.29. The summed E-state index contributed by atoms with van der Waals surface area (Å²) in [6, 6.07) is 6.89. The lowest BCUT2D eigenvalue weighted by molar-refractivity contribution is 0.166. The van der Waals surface area contributed by atoms with E-state index in [9.17, 15) is 5.11 Å². The summed E-state index contributed by atoms with van der Waals surface area (Å²) in [6.45, 7) is 2.70. The first-order chi connectivity index (χ1) is 11.7. The van der Waals surface area contributed by atoms with Crippen LogP contribution < -0.4 is 5.32 Å². The fourth-order valence-corrected chi connectivity index (χ4v) is 2.82. The Morgan fingerprint density at radius 1 is 1.38 bits per heavy atom. The summed E-state index contributed by atoms with van der Waals surface area (Å²) in [5.41, 5.74) is 1.57. The summed E-state index contributed by atoms with van der Waals surface area (Å²) >= 11 is 7.25.